The molecule has 0 radical (unpaired) electrons. The number of hydrogen-bond acceptors (Lipinski definition) is 2. The fourth-order valence-electron chi connectivity index (χ4n) is 1.43. The molecule has 10 heavy (non-hydrogen) atoms. The van der Waals surface area contributed by atoms with Crippen LogP contribution in [0.1, 0.15) is 38.5 Å². The van der Waals surface area contributed by atoms with Gasteiger partial charge in [0.15, 0.2) is 0 Å². The highest BCUT2D eigenvalue weighted by molar-refractivity contribution is 7.81. The second-order valence-corrected chi connectivity index (χ2v) is 4.63. The summed E-state index contributed by atoms with van der Waals surface area (Å²) < 4.78 is 0. The van der Waals surface area contributed by atoms with E-state index in [1.807, 2.05) is 0 Å². The SMILES string of the molecule is SC1CCCCC(S)CC1. The summed E-state index contributed by atoms with van der Waals surface area (Å²) in [4.78, 5) is 0. The molecule has 1 aliphatic carbocycles. The number of rotatable bonds is 0. The van der Waals surface area contributed by atoms with Gasteiger partial charge in [0.05, 0.1) is 0 Å². The lowest BCUT2D eigenvalue weighted by molar-refractivity contribution is 0.525. The molecule has 1 saturated carbocycles. The Hall–Kier alpha value is 0.700. The molecule has 1 aliphatic rings. The van der Waals surface area contributed by atoms with Crippen molar-refractivity contribution >= 4 is 25.3 Å². The van der Waals surface area contributed by atoms with Crippen LogP contribution in [0.2, 0.25) is 0 Å². The molecule has 0 saturated heterocycles. The maximum Gasteiger partial charge on any atom is 0.00172 e. The van der Waals surface area contributed by atoms with Crippen LogP contribution >= 0.6 is 25.3 Å². The molecule has 0 aliphatic heterocycles. The lowest BCUT2D eigenvalue weighted by Crippen LogP contribution is -2.09. The van der Waals surface area contributed by atoms with Gasteiger partial charge < -0.3 is 0 Å². The molecule has 0 N–H and O–H groups in total. The third-order valence-electron chi connectivity index (χ3n) is 2.16. The van der Waals surface area contributed by atoms with E-state index in [1.54, 1.807) is 0 Å². The van der Waals surface area contributed by atoms with Gasteiger partial charge in [-0.05, 0) is 25.7 Å². The van der Waals surface area contributed by atoms with Crippen molar-refractivity contribution in [2.45, 2.75) is 49.0 Å². The quantitative estimate of drug-likeness (QED) is 0.521. The summed E-state index contributed by atoms with van der Waals surface area (Å²) in [5.74, 6) is 0. The molecule has 2 heteroatoms. The van der Waals surface area contributed by atoms with Gasteiger partial charge >= 0.3 is 0 Å². The van der Waals surface area contributed by atoms with Crippen molar-refractivity contribution in [3.63, 3.8) is 0 Å². The van der Waals surface area contributed by atoms with E-state index < -0.39 is 0 Å². The topological polar surface area (TPSA) is 0 Å². The Morgan fingerprint density at radius 1 is 0.700 bits per heavy atom. The zero-order valence-corrected chi connectivity index (χ0v) is 8.08. The molecule has 0 nitrogen and oxygen atoms in total. The highest BCUT2D eigenvalue weighted by atomic mass is 32.1. The molecule has 0 aromatic heterocycles. The van der Waals surface area contributed by atoms with E-state index in [9.17, 15) is 0 Å². The van der Waals surface area contributed by atoms with Gasteiger partial charge in [-0.2, -0.15) is 25.3 Å². The summed E-state index contributed by atoms with van der Waals surface area (Å²) in [6.45, 7) is 0. The van der Waals surface area contributed by atoms with Crippen molar-refractivity contribution in [2.75, 3.05) is 0 Å². The van der Waals surface area contributed by atoms with Crippen molar-refractivity contribution in [2.24, 2.45) is 0 Å². The average molecular weight is 176 g/mol. The molecule has 0 bridgehead atoms. The van der Waals surface area contributed by atoms with Gasteiger partial charge in [-0.15, -0.1) is 0 Å². The lowest BCUT2D eigenvalue weighted by atomic mass is 10.0. The molecule has 0 aromatic carbocycles. The minimum Gasteiger partial charge on any atom is -0.176 e. The molecular formula is C8H16S2. The van der Waals surface area contributed by atoms with E-state index in [0.717, 1.165) is 0 Å². The van der Waals surface area contributed by atoms with Crippen LogP contribution < -0.4 is 0 Å². The minimum absolute atomic E-state index is 0.648. The van der Waals surface area contributed by atoms with Gasteiger partial charge in [-0.3, -0.25) is 0 Å². The Labute approximate surface area is 74.6 Å². The van der Waals surface area contributed by atoms with Crippen molar-refractivity contribution < 1.29 is 0 Å². The standard InChI is InChI=1S/C8H16S2/c9-7-3-1-2-4-8(10)6-5-7/h7-10H,1-6H2. The molecule has 60 valence electrons. The monoisotopic (exact) mass is 176 g/mol. The Kier molecular flexibility index (Phi) is 4.00. The molecule has 2 atom stereocenters. The van der Waals surface area contributed by atoms with E-state index in [0.29, 0.717) is 10.5 Å². The molecule has 1 fully saturated rings. The van der Waals surface area contributed by atoms with Gasteiger partial charge in [0.25, 0.3) is 0 Å². The van der Waals surface area contributed by atoms with Crippen LogP contribution in [0.4, 0.5) is 0 Å². The number of thiol groups is 2. The summed E-state index contributed by atoms with van der Waals surface area (Å²) in [5, 5.41) is 1.30. The highest BCUT2D eigenvalue weighted by Crippen LogP contribution is 2.23. The fourth-order valence-corrected chi connectivity index (χ4v) is 2.10. The predicted molar refractivity (Wildman–Crippen MR) is 53.3 cm³/mol. The van der Waals surface area contributed by atoms with E-state index in [4.69, 9.17) is 0 Å². The zero-order valence-electron chi connectivity index (χ0n) is 6.29. The van der Waals surface area contributed by atoms with Crippen molar-refractivity contribution in [1.29, 1.82) is 0 Å². The van der Waals surface area contributed by atoms with Crippen molar-refractivity contribution in [3.8, 4) is 0 Å². The summed E-state index contributed by atoms with van der Waals surface area (Å²) in [7, 11) is 0. The van der Waals surface area contributed by atoms with Gasteiger partial charge in [-0.25, -0.2) is 0 Å². The summed E-state index contributed by atoms with van der Waals surface area (Å²) in [6.07, 6.45) is 7.85. The van der Waals surface area contributed by atoms with Gasteiger partial charge in [0.1, 0.15) is 0 Å². The third kappa shape index (κ3) is 3.20. The van der Waals surface area contributed by atoms with Crippen LogP contribution in [0.5, 0.6) is 0 Å². The second kappa shape index (κ2) is 4.55. The summed E-state index contributed by atoms with van der Waals surface area (Å²) in [6, 6.07) is 0. The molecular weight excluding hydrogens is 160 g/mol. The highest BCUT2D eigenvalue weighted by Gasteiger charge is 2.11. The van der Waals surface area contributed by atoms with Gasteiger partial charge in [-0.1, -0.05) is 12.8 Å². The van der Waals surface area contributed by atoms with Crippen LogP contribution in [-0.4, -0.2) is 10.5 Å². The van der Waals surface area contributed by atoms with Crippen LogP contribution in [0.15, 0.2) is 0 Å². The van der Waals surface area contributed by atoms with Crippen LogP contribution in [0.3, 0.4) is 0 Å². The fraction of sp³-hybridized carbons (Fsp3) is 1.00. The van der Waals surface area contributed by atoms with Crippen molar-refractivity contribution in [1.82, 2.24) is 0 Å². The molecule has 0 amide bonds. The first kappa shape index (κ1) is 8.79. The Balaban J connectivity index is 2.23. The first-order valence-corrected chi connectivity index (χ1v) is 5.18. The van der Waals surface area contributed by atoms with Gasteiger partial charge in [0, 0.05) is 10.5 Å². The maximum absolute atomic E-state index is 4.48. The third-order valence-corrected chi connectivity index (χ3v) is 3.19. The van der Waals surface area contributed by atoms with Gasteiger partial charge in [0.2, 0.25) is 0 Å². The molecule has 0 heterocycles. The Morgan fingerprint density at radius 3 is 1.50 bits per heavy atom. The second-order valence-electron chi connectivity index (χ2n) is 3.17. The van der Waals surface area contributed by atoms with Crippen LogP contribution in [0.25, 0.3) is 0 Å². The molecule has 0 aromatic rings. The van der Waals surface area contributed by atoms with Crippen LogP contribution in [-0.2, 0) is 0 Å². The summed E-state index contributed by atoms with van der Waals surface area (Å²) in [5.41, 5.74) is 0. The zero-order chi connectivity index (χ0) is 7.40. The molecule has 2 unspecified atom stereocenters. The van der Waals surface area contributed by atoms with E-state index in [-0.39, 0.29) is 0 Å². The van der Waals surface area contributed by atoms with E-state index in [2.05, 4.69) is 25.3 Å². The smallest absolute Gasteiger partial charge is 0.00172 e. The minimum atomic E-state index is 0.648. The molecule has 0 spiro atoms. The first-order valence-electron chi connectivity index (χ1n) is 4.15. The maximum atomic E-state index is 4.48. The lowest BCUT2D eigenvalue weighted by Gasteiger charge is -2.18. The van der Waals surface area contributed by atoms with E-state index >= 15 is 0 Å². The van der Waals surface area contributed by atoms with Crippen LogP contribution in [0, 0.1) is 0 Å². The number of hydrogen-bond donors (Lipinski definition) is 2. The Morgan fingerprint density at radius 2 is 1.10 bits per heavy atom. The Bertz CT molecular complexity index is 81.3. The predicted octanol–water partition coefficient (Wildman–Crippen LogP) is 2.94. The first-order chi connectivity index (χ1) is 4.79. The van der Waals surface area contributed by atoms with E-state index in [1.165, 1.54) is 38.5 Å². The van der Waals surface area contributed by atoms with Crippen molar-refractivity contribution in [3.05, 3.63) is 0 Å². The average Bonchev–Trinajstić information content (AvgIpc) is 1.90. The normalized spacial score (nSPS) is 36.6. The summed E-state index contributed by atoms with van der Waals surface area (Å²) >= 11 is 8.97. The molecule has 1 rings (SSSR count). The largest absolute Gasteiger partial charge is 0.176 e.